The Balaban J connectivity index is 2.64. The highest BCUT2D eigenvalue weighted by Gasteiger charge is 2.42. The molecule has 0 saturated heterocycles. The Labute approximate surface area is 169 Å². The van der Waals surface area contributed by atoms with E-state index in [-0.39, 0.29) is 17.4 Å². The summed E-state index contributed by atoms with van der Waals surface area (Å²) in [5, 5.41) is 9.50. The van der Waals surface area contributed by atoms with Gasteiger partial charge in [0.05, 0.1) is 12.0 Å². The monoisotopic (exact) mass is 397 g/mol. The molecule has 0 bridgehead atoms. The fraction of sp³-hybridized carbons (Fsp3) is 0.850. The summed E-state index contributed by atoms with van der Waals surface area (Å²) in [4.78, 5) is 30.4. The molecule has 1 aliphatic rings. The molecular formula is C20H39N5O3. The van der Waals surface area contributed by atoms with Crippen LogP contribution >= 0.6 is 0 Å². The van der Waals surface area contributed by atoms with Crippen molar-refractivity contribution in [3.05, 3.63) is 0 Å². The number of hydrogen-bond donors (Lipinski definition) is 3. The van der Waals surface area contributed by atoms with Crippen LogP contribution in [0.2, 0.25) is 0 Å². The zero-order valence-corrected chi connectivity index (χ0v) is 18.4. The molecule has 0 aromatic carbocycles. The summed E-state index contributed by atoms with van der Waals surface area (Å²) in [7, 11) is 5.33. The van der Waals surface area contributed by atoms with Crippen molar-refractivity contribution in [2.45, 2.75) is 58.9 Å². The highest BCUT2D eigenvalue weighted by Crippen LogP contribution is 2.38. The van der Waals surface area contributed by atoms with E-state index in [2.05, 4.69) is 34.8 Å². The molecule has 1 unspecified atom stereocenters. The van der Waals surface area contributed by atoms with Gasteiger partial charge in [0.1, 0.15) is 0 Å². The Morgan fingerprint density at radius 1 is 1.18 bits per heavy atom. The first-order valence-corrected chi connectivity index (χ1v) is 10.3. The molecule has 1 saturated carbocycles. The van der Waals surface area contributed by atoms with Gasteiger partial charge in [-0.3, -0.25) is 9.79 Å². The summed E-state index contributed by atoms with van der Waals surface area (Å²) in [5.74, 6) is 1.25. The molecule has 3 N–H and O–H groups in total. The third-order valence-corrected chi connectivity index (χ3v) is 5.11. The van der Waals surface area contributed by atoms with E-state index in [4.69, 9.17) is 4.74 Å². The quantitative estimate of drug-likeness (QED) is 0.408. The standard InChI is InChI=1S/C20H39N5O3/c1-7-28-19(27)24-16(12-15(2)3)13-22-18(21-4)23-14-20(10-8-9-11-20)17(26)25(5)6/h15-16H,7-14H2,1-6H3,(H,24,27)(H2,21,22,23). The zero-order chi connectivity index (χ0) is 21.2. The summed E-state index contributed by atoms with van der Waals surface area (Å²) in [6.45, 7) is 7.45. The van der Waals surface area contributed by atoms with Crippen molar-refractivity contribution in [2.75, 3.05) is 40.8 Å². The number of amides is 2. The molecule has 0 spiro atoms. The van der Waals surface area contributed by atoms with Crippen LogP contribution in [-0.2, 0) is 9.53 Å². The average molecular weight is 398 g/mol. The molecule has 162 valence electrons. The normalized spacial score (nSPS) is 17.2. The topological polar surface area (TPSA) is 95.1 Å². The molecule has 1 atom stereocenters. The lowest BCUT2D eigenvalue weighted by atomic mass is 9.84. The van der Waals surface area contributed by atoms with Crippen molar-refractivity contribution in [3.8, 4) is 0 Å². The second kappa shape index (κ2) is 11.8. The van der Waals surface area contributed by atoms with E-state index < -0.39 is 6.09 Å². The van der Waals surface area contributed by atoms with E-state index >= 15 is 0 Å². The van der Waals surface area contributed by atoms with Gasteiger partial charge in [0.25, 0.3) is 0 Å². The first-order chi connectivity index (χ1) is 13.2. The van der Waals surface area contributed by atoms with Crippen molar-refractivity contribution in [2.24, 2.45) is 16.3 Å². The summed E-state index contributed by atoms with van der Waals surface area (Å²) in [6, 6.07) is -0.0681. The Kier molecular flexibility index (Phi) is 10.1. The van der Waals surface area contributed by atoms with Crippen LogP contribution in [0.4, 0.5) is 4.79 Å². The first kappa shape index (κ1) is 24.0. The van der Waals surface area contributed by atoms with Crippen LogP contribution in [-0.4, -0.2) is 69.7 Å². The number of rotatable bonds is 9. The Morgan fingerprint density at radius 3 is 2.32 bits per heavy atom. The van der Waals surface area contributed by atoms with E-state index in [0.717, 1.165) is 32.1 Å². The van der Waals surface area contributed by atoms with Gasteiger partial charge in [0, 0.05) is 40.3 Å². The maximum absolute atomic E-state index is 12.7. The number of carbonyl (C=O) groups excluding carboxylic acids is 2. The first-order valence-electron chi connectivity index (χ1n) is 10.3. The van der Waals surface area contributed by atoms with Crippen molar-refractivity contribution >= 4 is 18.0 Å². The third kappa shape index (κ3) is 7.56. The minimum absolute atomic E-state index is 0.0681. The Hall–Kier alpha value is -1.99. The number of nitrogens with one attached hydrogen (secondary N) is 3. The van der Waals surface area contributed by atoms with Crippen molar-refractivity contribution in [1.29, 1.82) is 0 Å². The van der Waals surface area contributed by atoms with E-state index in [1.165, 1.54) is 0 Å². The lowest BCUT2D eigenvalue weighted by Gasteiger charge is -2.31. The molecule has 28 heavy (non-hydrogen) atoms. The summed E-state index contributed by atoms with van der Waals surface area (Å²) in [5.41, 5.74) is -0.359. The third-order valence-electron chi connectivity index (χ3n) is 5.11. The van der Waals surface area contributed by atoms with Gasteiger partial charge >= 0.3 is 6.09 Å². The van der Waals surface area contributed by atoms with Crippen LogP contribution in [0.1, 0.15) is 52.9 Å². The Bertz CT molecular complexity index is 528. The molecule has 1 rings (SSSR count). The molecule has 1 fully saturated rings. The van der Waals surface area contributed by atoms with E-state index in [1.807, 2.05) is 14.1 Å². The second-order valence-electron chi connectivity index (χ2n) is 8.18. The summed E-state index contributed by atoms with van der Waals surface area (Å²) < 4.78 is 5.00. The number of ether oxygens (including phenoxy) is 1. The number of guanidine groups is 1. The lowest BCUT2D eigenvalue weighted by Crippen LogP contribution is -2.51. The molecule has 0 radical (unpaired) electrons. The van der Waals surface area contributed by atoms with E-state index in [0.29, 0.717) is 31.6 Å². The molecular weight excluding hydrogens is 358 g/mol. The average Bonchev–Trinajstić information content (AvgIpc) is 3.10. The molecule has 8 heteroatoms. The molecule has 0 aromatic rings. The SMILES string of the molecule is CCOC(=O)NC(CNC(=NC)NCC1(C(=O)N(C)C)CCCC1)CC(C)C. The maximum atomic E-state index is 12.7. The Morgan fingerprint density at radius 2 is 1.82 bits per heavy atom. The van der Waals surface area contributed by atoms with E-state index in [9.17, 15) is 9.59 Å². The zero-order valence-electron chi connectivity index (χ0n) is 18.4. The van der Waals surface area contributed by atoms with Gasteiger partial charge in [-0.1, -0.05) is 26.7 Å². The van der Waals surface area contributed by atoms with Gasteiger partial charge in [-0.25, -0.2) is 4.79 Å². The van der Waals surface area contributed by atoms with Crippen molar-refractivity contribution in [1.82, 2.24) is 20.9 Å². The molecule has 1 aliphatic carbocycles. The second-order valence-corrected chi connectivity index (χ2v) is 8.18. The van der Waals surface area contributed by atoms with Gasteiger partial charge in [-0.15, -0.1) is 0 Å². The van der Waals surface area contributed by atoms with Crippen LogP contribution in [0.5, 0.6) is 0 Å². The van der Waals surface area contributed by atoms with E-state index in [1.54, 1.807) is 18.9 Å². The van der Waals surface area contributed by atoms with Crippen LogP contribution < -0.4 is 16.0 Å². The predicted octanol–water partition coefficient (Wildman–Crippen LogP) is 1.96. The number of carbonyl (C=O) groups is 2. The number of hydrogen-bond acceptors (Lipinski definition) is 4. The molecule has 0 aromatic heterocycles. The van der Waals surface area contributed by atoms with Gasteiger partial charge in [0.15, 0.2) is 5.96 Å². The highest BCUT2D eigenvalue weighted by atomic mass is 16.5. The smallest absolute Gasteiger partial charge is 0.407 e. The maximum Gasteiger partial charge on any atom is 0.407 e. The van der Waals surface area contributed by atoms with Crippen LogP contribution in [0.3, 0.4) is 0 Å². The molecule has 0 aliphatic heterocycles. The van der Waals surface area contributed by atoms with Gasteiger partial charge in [0.2, 0.25) is 5.91 Å². The van der Waals surface area contributed by atoms with Crippen LogP contribution in [0, 0.1) is 11.3 Å². The molecule has 0 heterocycles. The minimum Gasteiger partial charge on any atom is -0.450 e. The summed E-state index contributed by atoms with van der Waals surface area (Å²) >= 11 is 0. The van der Waals surface area contributed by atoms with Crippen molar-refractivity contribution < 1.29 is 14.3 Å². The summed E-state index contributed by atoms with van der Waals surface area (Å²) in [6.07, 6.45) is 4.37. The lowest BCUT2D eigenvalue weighted by molar-refractivity contribution is -0.138. The fourth-order valence-corrected chi connectivity index (χ4v) is 3.79. The largest absolute Gasteiger partial charge is 0.450 e. The number of nitrogens with zero attached hydrogens (tertiary/aromatic N) is 2. The molecule has 8 nitrogen and oxygen atoms in total. The van der Waals surface area contributed by atoms with Crippen LogP contribution in [0.25, 0.3) is 0 Å². The van der Waals surface area contributed by atoms with Gasteiger partial charge < -0.3 is 25.6 Å². The van der Waals surface area contributed by atoms with Crippen molar-refractivity contribution in [3.63, 3.8) is 0 Å². The highest BCUT2D eigenvalue weighted by molar-refractivity contribution is 5.85. The van der Waals surface area contributed by atoms with Crippen LogP contribution in [0.15, 0.2) is 4.99 Å². The number of alkyl carbamates (subject to hydrolysis) is 1. The molecule has 2 amide bonds. The van der Waals surface area contributed by atoms with Gasteiger partial charge in [-0.2, -0.15) is 0 Å². The van der Waals surface area contributed by atoms with Gasteiger partial charge in [-0.05, 0) is 32.1 Å². The fourth-order valence-electron chi connectivity index (χ4n) is 3.79. The minimum atomic E-state index is -0.403. The number of aliphatic imine (C=N–C) groups is 1. The predicted molar refractivity (Wildman–Crippen MR) is 112 cm³/mol.